The zero-order valence-electron chi connectivity index (χ0n) is 19.5. The monoisotopic (exact) mass is 430 g/mol. The van der Waals surface area contributed by atoms with Gasteiger partial charge in [0.05, 0.1) is 18.6 Å². The molecule has 0 heterocycles. The van der Waals surface area contributed by atoms with Gasteiger partial charge in [0, 0.05) is 45.9 Å². The fourth-order valence-electron chi connectivity index (χ4n) is 4.75. The molecule has 0 spiro atoms. The molecule has 2 aliphatic rings. The van der Waals surface area contributed by atoms with Crippen LogP contribution in [0, 0.1) is 5.41 Å². The summed E-state index contributed by atoms with van der Waals surface area (Å²) < 4.78 is 11.7. The molecule has 3 rings (SSSR count). The molecule has 7 nitrogen and oxygen atoms in total. The number of nitrogens with one attached hydrogen (secondary N) is 2. The Morgan fingerprint density at radius 2 is 1.87 bits per heavy atom. The normalized spacial score (nSPS) is 18.6. The van der Waals surface area contributed by atoms with Crippen LogP contribution in [-0.2, 0) is 11.3 Å². The lowest BCUT2D eigenvalue weighted by molar-refractivity contribution is -0.138. The summed E-state index contributed by atoms with van der Waals surface area (Å²) in [5.41, 5.74) is 0.730. The van der Waals surface area contributed by atoms with Gasteiger partial charge < -0.3 is 25.0 Å². The first kappa shape index (κ1) is 23.2. The molecular formula is C24H38N4O3. The summed E-state index contributed by atoms with van der Waals surface area (Å²) in [6.07, 6.45) is 8.99. The minimum Gasteiger partial charge on any atom is -0.497 e. The van der Waals surface area contributed by atoms with Gasteiger partial charge in [-0.2, -0.15) is 0 Å². The van der Waals surface area contributed by atoms with Gasteiger partial charge in [0.2, 0.25) is 5.91 Å². The van der Waals surface area contributed by atoms with Crippen molar-refractivity contribution < 1.29 is 14.3 Å². The Hall–Kier alpha value is -2.44. The minimum absolute atomic E-state index is 0.204. The number of rotatable bonds is 8. The van der Waals surface area contributed by atoms with Crippen molar-refractivity contribution in [3.8, 4) is 11.5 Å². The second kappa shape index (κ2) is 10.7. The second-order valence-corrected chi connectivity index (χ2v) is 8.96. The number of hydrogen-bond donors (Lipinski definition) is 2. The van der Waals surface area contributed by atoms with Gasteiger partial charge in [-0.05, 0) is 50.7 Å². The molecule has 1 amide bonds. The number of carbonyl (C=O) groups excluding carboxylic acids is 1. The van der Waals surface area contributed by atoms with Crippen LogP contribution in [0.2, 0.25) is 0 Å². The lowest BCUT2D eigenvalue weighted by Crippen LogP contribution is -2.49. The maximum absolute atomic E-state index is 12.8. The van der Waals surface area contributed by atoms with Crippen LogP contribution in [0.5, 0.6) is 11.5 Å². The number of benzene rings is 1. The van der Waals surface area contributed by atoms with Crippen molar-refractivity contribution in [2.24, 2.45) is 10.4 Å². The maximum Gasteiger partial charge on any atom is 0.230 e. The molecule has 172 valence electrons. The van der Waals surface area contributed by atoms with E-state index in [1.165, 1.54) is 12.8 Å². The van der Waals surface area contributed by atoms with Gasteiger partial charge >= 0.3 is 0 Å². The van der Waals surface area contributed by atoms with Crippen LogP contribution in [0.4, 0.5) is 0 Å². The molecule has 0 bridgehead atoms. The molecule has 0 unspecified atom stereocenters. The van der Waals surface area contributed by atoms with Crippen LogP contribution in [0.25, 0.3) is 0 Å². The largest absolute Gasteiger partial charge is 0.497 e. The highest BCUT2D eigenvalue weighted by Gasteiger charge is 2.42. The number of guanidine groups is 1. The zero-order valence-corrected chi connectivity index (χ0v) is 19.5. The summed E-state index contributed by atoms with van der Waals surface area (Å²) in [6, 6.07) is 5.96. The fourth-order valence-corrected chi connectivity index (χ4v) is 4.75. The Morgan fingerprint density at radius 1 is 1.16 bits per heavy atom. The van der Waals surface area contributed by atoms with Crippen LogP contribution in [-0.4, -0.2) is 57.7 Å². The van der Waals surface area contributed by atoms with Crippen LogP contribution >= 0.6 is 0 Å². The average molecular weight is 431 g/mol. The average Bonchev–Trinajstić information content (AvgIpc) is 3.46. The highest BCUT2D eigenvalue weighted by molar-refractivity contribution is 5.85. The minimum atomic E-state index is -0.335. The van der Waals surface area contributed by atoms with E-state index in [0.717, 1.165) is 55.6 Å². The summed E-state index contributed by atoms with van der Waals surface area (Å²) >= 11 is 0. The van der Waals surface area contributed by atoms with Crippen LogP contribution in [0.15, 0.2) is 23.2 Å². The Bertz CT molecular complexity index is 766. The topological polar surface area (TPSA) is 75.2 Å². The molecule has 2 fully saturated rings. The number of nitrogens with zero attached hydrogens (tertiary/aromatic N) is 2. The Labute approximate surface area is 186 Å². The van der Waals surface area contributed by atoms with Crippen molar-refractivity contribution in [3.63, 3.8) is 0 Å². The second-order valence-electron chi connectivity index (χ2n) is 8.96. The highest BCUT2D eigenvalue weighted by Crippen LogP contribution is 2.39. The van der Waals surface area contributed by atoms with Gasteiger partial charge in [0.15, 0.2) is 5.96 Å². The van der Waals surface area contributed by atoms with E-state index in [9.17, 15) is 4.79 Å². The Kier molecular flexibility index (Phi) is 8.04. The van der Waals surface area contributed by atoms with E-state index in [-0.39, 0.29) is 17.4 Å². The quantitative estimate of drug-likeness (QED) is 0.489. The molecule has 1 aromatic carbocycles. The predicted molar refractivity (Wildman–Crippen MR) is 124 cm³/mol. The lowest BCUT2D eigenvalue weighted by Gasteiger charge is -2.31. The number of hydrogen-bond acceptors (Lipinski definition) is 4. The highest BCUT2D eigenvalue weighted by atomic mass is 16.5. The summed E-state index contributed by atoms with van der Waals surface area (Å²) in [6.45, 7) is 1.18. The zero-order chi connectivity index (χ0) is 22.3. The summed E-state index contributed by atoms with van der Waals surface area (Å²) in [5.74, 6) is 2.56. The van der Waals surface area contributed by atoms with Gasteiger partial charge in [0.1, 0.15) is 11.5 Å². The van der Waals surface area contributed by atoms with Crippen LogP contribution < -0.4 is 20.1 Å². The van der Waals surface area contributed by atoms with Crippen molar-refractivity contribution in [1.29, 1.82) is 0 Å². The van der Waals surface area contributed by atoms with E-state index in [2.05, 4.69) is 15.6 Å². The standard InChI is InChI=1S/C24H38N4O3/c1-25-23(27-17-24(13-7-8-14-24)22(29)28(2)3)26-16-18-11-12-20(30-4)15-21(18)31-19-9-5-6-10-19/h11-12,15,19H,5-10,13-14,16-17H2,1-4H3,(H2,25,26,27). The maximum atomic E-state index is 12.8. The van der Waals surface area contributed by atoms with E-state index in [1.807, 2.05) is 32.3 Å². The summed E-state index contributed by atoms with van der Waals surface area (Å²) in [5, 5.41) is 6.79. The van der Waals surface area contributed by atoms with Crippen LogP contribution in [0.1, 0.15) is 56.9 Å². The Morgan fingerprint density at radius 3 is 2.48 bits per heavy atom. The fraction of sp³-hybridized carbons (Fsp3) is 0.667. The first-order valence-corrected chi connectivity index (χ1v) is 11.5. The van der Waals surface area contributed by atoms with Gasteiger partial charge in [0.25, 0.3) is 0 Å². The van der Waals surface area contributed by atoms with Gasteiger partial charge in [-0.1, -0.05) is 12.8 Å². The molecule has 1 aromatic rings. The summed E-state index contributed by atoms with van der Waals surface area (Å²) in [4.78, 5) is 18.9. The van der Waals surface area contributed by atoms with Crippen molar-refractivity contribution in [1.82, 2.24) is 15.5 Å². The number of carbonyl (C=O) groups is 1. The van der Waals surface area contributed by atoms with Gasteiger partial charge in [-0.15, -0.1) is 0 Å². The van der Waals surface area contributed by atoms with E-state index < -0.39 is 0 Å². The van der Waals surface area contributed by atoms with E-state index >= 15 is 0 Å². The first-order valence-electron chi connectivity index (χ1n) is 11.5. The molecule has 0 saturated heterocycles. The molecule has 2 saturated carbocycles. The molecule has 31 heavy (non-hydrogen) atoms. The van der Waals surface area contributed by atoms with Crippen molar-refractivity contribution >= 4 is 11.9 Å². The van der Waals surface area contributed by atoms with Gasteiger partial charge in [-0.3, -0.25) is 9.79 Å². The third-order valence-electron chi connectivity index (χ3n) is 6.55. The molecule has 0 aromatic heterocycles. The number of aliphatic imine (C=N–C) groups is 1. The summed E-state index contributed by atoms with van der Waals surface area (Å²) in [7, 11) is 7.11. The van der Waals surface area contributed by atoms with Gasteiger partial charge in [-0.25, -0.2) is 0 Å². The number of methoxy groups -OCH3 is 1. The smallest absolute Gasteiger partial charge is 0.230 e. The molecule has 7 heteroatoms. The molecule has 2 N–H and O–H groups in total. The molecular weight excluding hydrogens is 392 g/mol. The molecule has 2 aliphatic carbocycles. The van der Waals surface area contributed by atoms with Crippen molar-refractivity contribution in [2.75, 3.05) is 34.8 Å². The third-order valence-corrected chi connectivity index (χ3v) is 6.55. The SMILES string of the molecule is CN=C(NCc1ccc(OC)cc1OC1CCCC1)NCC1(C(=O)N(C)C)CCCC1. The molecule has 0 aliphatic heterocycles. The van der Waals surface area contributed by atoms with E-state index in [1.54, 1.807) is 19.1 Å². The van der Waals surface area contributed by atoms with Crippen LogP contribution in [0.3, 0.4) is 0 Å². The first-order chi connectivity index (χ1) is 15.0. The van der Waals surface area contributed by atoms with Crippen molar-refractivity contribution in [3.05, 3.63) is 23.8 Å². The molecule has 0 radical (unpaired) electrons. The molecule has 0 atom stereocenters. The third kappa shape index (κ3) is 5.83. The van der Waals surface area contributed by atoms with E-state index in [4.69, 9.17) is 9.47 Å². The van der Waals surface area contributed by atoms with E-state index in [0.29, 0.717) is 19.0 Å². The lowest BCUT2D eigenvalue weighted by atomic mass is 9.84. The predicted octanol–water partition coefficient (Wildman–Crippen LogP) is 3.33. The number of amides is 1. The Balaban J connectivity index is 1.63. The number of ether oxygens (including phenoxy) is 2. The van der Waals surface area contributed by atoms with Crippen molar-refractivity contribution in [2.45, 2.75) is 64.0 Å².